The molecule has 146 valence electrons. The van der Waals surface area contributed by atoms with Gasteiger partial charge in [0.1, 0.15) is 6.54 Å². The summed E-state index contributed by atoms with van der Waals surface area (Å²) < 4.78 is 27.8. The predicted octanol–water partition coefficient (Wildman–Crippen LogP) is 1.53. The molecule has 1 fully saturated rings. The molecule has 2 aromatic rings. The van der Waals surface area contributed by atoms with E-state index in [1.807, 2.05) is 36.4 Å². The number of fused-ring (bicyclic) bond motifs is 1. The molecular weight excluding hydrogens is 370 g/mol. The molecule has 0 amide bonds. The molecule has 2 aromatic carbocycles. The van der Waals surface area contributed by atoms with Gasteiger partial charge in [0.15, 0.2) is 0 Å². The van der Waals surface area contributed by atoms with Crippen LogP contribution in [0.3, 0.4) is 0 Å². The zero-order valence-corrected chi connectivity index (χ0v) is 16.8. The van der Waals surface area contributed by atoms with Gasteiger partial charge < -0.3 is 4.90 Å². The highest BCUT2D eigenvalue weighted by Crippen LogP contribution is 2.25. The Kier molecular flexibility index (Phi) is 5.49. The normalized spacial score (nSPS) is 18.4. The topological polar surface area (TPSA) is 65.6 Å². The molecule has 28 heavy (non-hydrogen) atoms. The van der Waals surface area contributed by atoms with Crippen LogP contribution < -0.4 is 4.90 Å². The maximum atomic E-state index is 13.1. The Balaban J connectivity index is 1.40. The quantitative estimate of drug-likeness (QED) is 0.852. The van der Waals surface area contributed by atoms with Crippen LogP contribution in [0.25, 0.3) is 0 Å². The van der Waals surface area contributed by atoms with Crippen LogP contribution in [-0.4, -0.2) is 38.9 Å². The number of nitriles is 1. The summed E-state index contributed by atoms with van der Waals surface area (Å²) in [6.45, 7) is 3.54. The Morgan fingerprint density at radius 1 is 0.964 bits per heavy atom. The average Bonchev–Trinajstić information content (AvgIpc) is 2.74. The first-order valence-electron chi connectivity index (χ1n) is 10.0. The second-order valence-corrected chi connectivity index (χ2v) is 9.72. The minimum atomic E-state index is -3.42. The van der Waals surface area contributed by atoms with Crippen LogP contribution in [0.15, 0.2) is 47.4 Å². The predicted molar refractivity (Wildman–Crippen MR) is 107 cm³/mol. The Hall–Kier alpha value is -2.20. The molecular formula is C22H26N3O2S+. The number of hydrogen-bond acceptors (Lipinski definition) is 3. The fourth-order valence-corrected chi connectivity index (χ4v) is 5.72. The van der Waals surface area contributed by atoms with Crippen molar-refractivity contribution < 1.29 is 13.3 Å². The average molecular weight is 397 g/mol. The van der Waals surface area contributed by atoms with Gasteiger partial charge in [0.25, 0.3) is 0 Å². The van der Waals surface area contributed by atoms with Crippen molar-refractivity contribution in [1.82, 2.24) is 4.31 Å². The van der Waals surface area contributed by atoms with E-state index in [0.29, 0.717) is 23.5 Å². The summed E-state index contributed by atoms with van der Waals surface area (Å²) in [5, 5.41) is 8.90. The second kappa shape index (κ2) is 8.04. The number of hydrogen-bond donors (Lipinski definition) is 1. The van der Waals surface area contributed by atoms with Crippen LogP contribution in [0.2, 0.25) is 0 Å². The third kappa shape index (κ3) is 3.97. The highest BCUT2D eigenvalue weighted by Gasteiger charge is 2.31. The molecule has 1 aliphatic heterocycles. The van der Waals surface area contributed by atoms with Crippen LogP contribution in [0.1, 0.15) is 35.1 Å². The van der Waals surface area contributed by atoms with E-state index in [4.69, 9.17) is 5.26 Å². The van der Waals surface area contributed by atoms with Gasteiger partial charge in [-0.3, -0.25) is 0 Å². The maximum Gasteiger partial charge on any atom is 0.243 e. The summed E-state index contributed by atoms with van der Waals surface area (Å²) in [4.78, 5) is 1.82. The summed E-state index contributed by atoms with van der Waals surface area (Å²) in [6, 6.07) is 15.5. The summed E-state index contributed by atoms with van der Waals surface area (Å²) in [6.07, 6.45) is 4.39. The Bertz CT molecular complexity index is 985. The van der Waals surface area contributed by atoms with Crippen molar-refractivity contribution in [3.8, 4) is 6.07 Å². The largest absolute Gasteiger partial charge is 0.329 e. The molecule has 2 aliphatic rings. The van der Waals surface area contributed by atoms with Crippen molar-refractivity contribution in [2.75, 3.05) is 26.2 Å². The van der Waals surface area contributed by atoms with Crippen molar-refractivity contribution in [3.63, 3.8) is 0 Å². The molecule has 0 radical (unpaired) electrons. The Morgan fingerprint density at radius 2 is 1.64 bits per heavy atom. The Morgan fingerprint density at radius 3 is 2.32 bits per heavy atom. The number of sulfonamides is 1. The summed E-state index contributed by atoms with van der Waals surface area (Å²) in [5.74, 6) is 0. The molecule has 0 spiro atoms. The van der Waals surface area contributed by atoms with E-state index in [0.717, 1.165) is 38.9 Å². The lowest BCUT2D eigenvalue weighted by Crippen LogP contribution is -3.13. The van der Waals surface area contributed by atoms with Gasteiger partial charge in [0.2, 0.25) is 10.0 Å². The lowest BCUT2D eigenvalue weighted by atomic mass is 9.92. The molecule has 5 nitrogen and oxygen atoms in total. The molecule has 0 unspecified atom stereocenters. The third-order valence-electron chi connectivity index (χ3n) is 5.92. The molecule has 1 N–H and O–H groups in total. The number of aryl methyl sites for hydroxylation is 2. The smallest absolute Gasteiger partial charge is 0.243 e. The van der Waals surface area contributed by atoms with Gasteiger partial charge in [0.05, 0.1) is 42.7 Å². The minimum Gasteiger partial charge on any atom is -0.329 e. The van der Waals surface area contributed by atoms with Gasteiger partial charge in [-0.2, -0.15) is 9.57 Å². The fraction of sp³-hybridized carbons (Fsp3) is 0.409. The monoisotopic (exact) mass is 396 g/mol. The number of piperazine rings is 1. The highest BCUT2D eigenvalue weighted by atomic mass is 32.2. The van der Waals surface area contributed by atoms with E-state index in [-0.39, 0.29) is 0 Å². The Labute approximate surface area is 167 Å². The third-order valence-corrected chi connectivity index (χ3v) is 7.82. The van der Waals surface area contributed by atoms with Gasteiger partial charge in [-0.25, -0.2) is 8.42 Å². The molecule has 1 aliphatic carbocycles. The van der Waals surface area contributed by atoms with E-state index < -0.39 is 10.0 Å². The molecule has 0 aromatic heterocycles. The SMILES string of the molecule is N#Cc1ccc(C[NH+]2CCN(S(=O)(=O)c3ccc4c(c3)CCCC4)CC2)cc1. The van der Waals surface area contributed by atoms with Gasteiger partial charge in [0, 0.05) is 5.56 Å². The fourth-order valence-electron chi connectivity index (χ4n) is 4.22. The molecule has 0 bridgehead atoms. The number of nitrogens with one attached hydrogen (secondary N) is 1. The molecule has 4 rings (SSSR count). The molecule has 1 saturated heterocycles. The van der Waals surface area contributed by atoms with E-state index in [1.165, 1.54) is 28.0 Å². The van der Waals surface area contributed by atoms with E-state index in [2.05, 4.69) is 6.07 Å². The van der Waals surface area contributed by atoms with E-state index >= 15 is 0 Å². The van der Waals surface area contributed by atoms with Crippen LogP contribution in [-0.2, 0) is 29.4 Å². The van der Waals surface area contributed by atoms with Crippen LogP contribution in [0.5, 0.6) is 0 Å². The van der Waals surface area contributed by atoms with Crippen molar-refractivity contribution in [1.29, 1.82) is 5.26 Å². The van der Waals surface area contributed by atoms with Crippen molar-refractivity contribution in [2.24, 2.45) is 0 Å². The second-order valence-electron chi connectivity index (χ2n) is 7.78. The highest BCUT2D eigenvalue weighted by molar-refractivity contribution is 7.89. The first kappa shape index (κ1) is 19.1. The van der Waals surface area contributed by atoms with Gasteiger partial charge in [-0.1, -0.05) is 18.2 Å². The van der Waals surface area contributed by atoms with E-state index in [1.54, 1.807) is 10.4 Å². The molecule has 0 atom stereocenters. The maximum absolute atomic E-state index is 13.1. The van der Waals surface area contributed by atoms with Gasteiger partial charge >= 0.3 is 0 Å². The molecule has 1 heterocycles. The van der Waals surface area contributed by atoms with Crippen LogP contribution in [0.4, 0.5) is 0 Å². The lowest BCUT2D eigenvalue weighted by molar-refractivity contribution is -0.917. The van der Waals surface area contributed by atoms with E-state index in [9.17, 15) is 8.42 Å². The summed E-state index contributed by atoms with van der Waals surface area (Å²) >= 11 is 0. The number of quaternary nitrogens is 1. The van der Waals surface area contributed by atoms with Gasteiger partial charge in [-0.05, 0) is 61.1 Å². The minimum absolute atomic E-state index is 0.448. The zero-order valence-electron chi connectivity index (χ0n) is 16.0. The van der Waals surface area contributed by atoms with Crippen molar-refractivity contribution >= 4 is 10.0 Å². The first-order chi connectivity index (χ1) is 13.6. The van der Waals surface area contributed by atoms with Crippen molar-refractivity contribution in [2.45, 2.75) is 37.1 Å². The van der Waals surface area contributed by atoms with Crippen LogP contribution in [0, 0.1) is 11.3 Å². The lowest BCUT2D eigenvalue weighted by Gasteiger charge is -2.31. The first-order valence-corrected chi connectivity index (χ1v) is 11.4. The number of rotatable bonds is 4. The van der Waals surface area contributed by atoms with Crippen molar-refractivity contribution in [3.05, 3.63) is 64.7 Å². The zero-order chi connectivity index (χ0) is 19.6. The number of benzene rings is 2. The summed E-state index contributed by atoms with van der Waals surface area (Å²) in [5.41, 5.74) is 4.36. The standard InChI is InChI=1S/C22H25N3O2S/c23-16-18-5-7-19(8-6-18)17-24-11-13-25(14-12-24)28(26,27)22-10-9-20-3-1-2-4-21(20)15-22/h5-10,15H,1-4,11-14,17H2/p+1. The van der Waals surface area contributed by atoms with Gasteiger partial charge in [-0.15, -0.1) is 0 Å². The molecule has 6 heteroatoms. The summed E-state index contributed by atoms with van der Waals surface area (Å²) in [7, 11) is -3.42. The molecule has 0 saturated carbocycles. The number of nitrogens with zero attached hydrogens (tertiary/aromatic N) is 2. The van der Waals surface area contributed by atoms with Crippen LogP contribution >= 0.6 is 0 Å².